The van der Waals surface area contributed by atoms with Gasteiger partial charge >= 0.3 is 0 Å². The van der Waals surface area contributed by atoms with Crippen molar-refractivity contribution in [3.8, 4) is 0 Å². The van der Waals surface area contributed by atoms with Crippen LogP contribution in [0.2, 0.25) is 0 Å². The van der Waals surface area contributed by atoms with E-state index in [2.05, 4.69) is 45.0 Å². The number of alkyl halides is 1. The molecule has 108 valence electrons. The maximum absolute atomic E-state index is 4.82. The molecule has 1 aromatic carbocycles. The van der Waals surface area contributed by atoms with E-state index in [1.807, 2.05) is 42.2 Å². The molecule has 0 aliphatic rings. The molecule has 4 nitrogen and oxygen atoms in total. The predicted octanol–water partition coefficient (Wildman–Crippen LogP) is 3.50. The van der Waals surface area contributed by atoms with Crippen molar-refractivity contribution in [3.63, 3.8) is 0 Å². The van der Waals surface area contributed by atoms with Gasteiger partial charge in [-0.25, -0.2) is 9.97 Å². The number of anilines is 1. The number of pyridine rings is 1. The zero-order chi connectivity index (χ0) is 14.8. The van der Waals surface area contributed by atoms with Crippen molar-refractivity contribution < 1.29 is 0 Å². The van der Waals surface area contributed by atoms with Crippen molar-refractivity contribution in [1.29, 1.82) is 0 Å². The number of fused-ring (bicyclic) bond motifs is 1. The fourth-order valence-electron chi connectivity index (χ4n) is 2.41. The average Bonchev–Trinajstić information content (AvgIpc) is 2.91. The van der Waals surface area contributed by atoms with Crippen LogP contribution in [0.1, 0.15) is 11.4 Å². The predicted molar refractivity (Wildman–Crippen MR) is 89.7 cm³/mol. The third-order valence-corrected chi connectivity index (χ3v) is 4.19. The van der Waals surface area contributed by atoms with Gasteiger partial charge in [-0.2, -0.15) is 0 Å². The van der Waals surface area contributed by atoms with Crippen molar-refractivity contribution >= 4 is 32.7 Å². The second kappa shape index (κ2) is 5.85. The Morgan fingerprint density at radius 3 is 2.81 bits per heavy atom. The minimum absolute atomic E-state index is 0.731. The number of aryl methyl sites for hydroxylation is 1. The van der Waals surface area contributed by atoms with Crippen LogP contribution in [0.4, 0.5) is 5.82 Å². The highest BCUT2D eigenvalue weighted by atomic mass is 79.9. The van der Waals surface area contributed by atoms with Crippen LogP contribution in [-0.4, -0.2) is 21.6 Å². The summed E-state index contributed by atoms with van der Waals surface area (Å²) in [6, 6.07) is 10.4. The number of rotatable bonds is 4. The standard InChI is InChI=1S/C16H17BrN4/c1-20-8-7-18-15(20)11-21(2)16-13(10-17)9-12-5-3-4-6-14(12)19-16/h3-9H,10-11H2,1-2H3. The number of benzene rings is 1. The highest BCUT2D eigenvalue weighted by Crippen LogP contribution is 2.25. The Morgan fingerprint density at radius 1 is 1.29 bits per heavy atom. The lowest BCUT2D eigenvalue weighted by atomic mass is 10.1. The molecule has 0 bridgehead atoms. The van der Waals surface area contributed by atoms with E-state index in [1.165, 1.54) is 10.9 Å². The van der Waals surface area contributed by atoms with Gasteiger partial charge in [-0.1, -0.05) is 34.1 Å². The van der Waals surface area contributed by atoms with Gasteiger partial charge in [0.2, 0.25) is 0 Å². The van der Waals surface area contributed by atoms with E-state index in [1.54, 1.807) is 0 Å². The number of hydrogen-bond acceptors (Lipinski definition) is 3. The summed E-state index contributed by atoms with van der Waals surface area (Å²) in [5.41, 5.74) is 2.20. The molecule has 2 heterocycles. The van der Waals surface area contributed by atoms with Crippen LogP contribution < -0.4 is 4.90 Å². The van der Waals surface area contributed by atoms with Gasteiger partial charge in [0.1, 0.15) is 11.6 Å². The molecule has 0 aliphatic carbocycles. The molecule has 0 aliphatic heterocycles. The fourth-order valence-corrected chi connectivity index (χ4v) is 2.83. The molecule has 0 unspecified atom stereocenters. The van der Waals surface area contributed by atoms with Crippen LogP contribution in [0.3, 0.4) is 0 Å². The fraction of sp³-hybridized carbons (Fsp3) is 0.250. The van der Waals surface area contributed by atoms with Crippen LogP contribution in [-0.2, 0) is 18.9 Å². The molecule has 0 saturated carbocycles. The number of hydrogen-bond donors (Lipinski definition) is 0. The first-order valence-electron chi connectivity index (χ1n) is 6.81. The molecule has 5 heteroatoms. The monoisotopic (exact) mass is 344 g/mol. The minimum atomic E-state index is 0.731. The molecule has 3 aromatic rings. The quantitative estimate of drug-likeness (QED) is 0.679. The molecule has 0 atom stereocenters. The first kappa shape index (κ1) is 14.1. The lowest BCUT2D eigenvalue weighted by molar-refractivity contribution is 0.755. The minimum Gasteiger partial charge on any atom is -0.352 e. The van der Waals surface area contributed by atoms with Crippen LogP contribution in [0.15, 0.2) is 42.7 Å². The first-order chi connectivity index (χ1) is 10.2. The summed E-state index contributed by atoms with van der Waals surface area (Å²) in [7, 11) is 4.06. The van der Waals surface area contributed by atoms with Gasteiger partial charge in [0.25, 0.3) is 0 Å². The Kier molecular flexibility index (Phi) is 3.92. The summed E-state index contributed by atoms with van der Waals surface area (Å²) in [6.45, 7) is 0.731. The lowest BCUT2D eigenvalue weighted by Gasteiger charge is -2.21. The van der Waals surface area contributed by atoms with E-state index in [-0.39, 0.29) is 0 Å². The molecule has 2 aromatic heterocycles. The number of imidazole rings is 1. The molecule has 21 heavy (non-hydrogen) atoms. The Morgan fingerprint density at radius 2 is 2.10 bits per heavy atom. The summed E-state index contributed by atoms with van der Waals surface area (Å²) in [5, 5.41) is 1.95. The molecule has 0 radical (unpaired) electrons. The Balaban J connectivity index is 2.00. The zero-order valence-electron chi connectivity index (χ0n) is 12.1. The van der Waals surface area contributed by atoms with Gasteiger partial charge in [0.05, 0.1) is 12.1 Å². The molecule has 3 rings (SSSR count). The highest BCUT2D eigenvalue weighted by molar-refractivity contribution is 9.08. The van der Waals surface area contributed by atoms with Gasteiger partial charge in [0.15, 0.2) is 0 Å². The Hall–Kier alpha value is -1.88. The molecule has 0 saturated heterocycles. The van der Waals surface area contributed by atoms with E-state index in [0.717, 1.165) is 29.0 Å². The van der Waals surface area contributed by atoms with Gasteiger partial charge < -0.3 is 9.47 Å². The average molecular weight is 345 g/mol. The van der Waals surface area contributed by atoms with E-state index in [4.69, 9.17) is 4.98 Å². The van der Waals surface area contributed by atoms with E-state index < -0.39 is 0 Å². The Bertz CT molecular complexity index is 766. The number of aromatic nitrogens is 3. The van der Waals surface area contributed by atoms with Crippen LogP contribution >= 0.6 is 15.9 Å². The summed E-state index contributed by atoms with van der Waals surface area (Å²) < 4.78 is 2.03. The molecule has 0 fully saturated rings. The van der Waals surface area contributed by atoms with E-state index in [9.17, 15) is 0 Å². The number of para-hydroxylation sites is 1. The smallest absolute Gasteiger partial charge is 0.133 e. The van der Waals surface area contributed by atoms with Gasteiger partial charge in [-0.15, -0.1) is 0 Å². The molecule has 0 amide bonds. The zero-order valence-corrected chi connectivity index (χ0v) is 13.7. The second-order valence-electron chi connectivity index (χ2n) is 5.11. The maximum atomic E-state index is 4.82. The molecule has 0 spiro atoms. The van der Waals surface area contributed by atoms with Gasteiger partial charge in [0, 0.05) is 42.8 Å². The topological polar surface area (TPSA) is 34.0 Å². The van der Waals surface area contributed by atoms with Crippen molar-refractivity contribution in [3.05, 3.63) is 54.1 Å². The lowest BCUT2D eigenvalue weighted by Crippen LogP contribution is -2.21. The van der Waals surface area contributed by atoms with Crippen LogP contribution in [0, 0.1) is 0 Å². The van der Waals surface area contributed by atoms with Gasteiger partial charge in [-0.05, 0) is 12.1 Å². The normalized spacial score (nSPS) is 11.0. The summed E-state index contributed by atoms with van der Waals surface area (Å²) in [4.78, 5) is 11.3. The van der Waals surface area contributed by atoms with Crippen LogP contribution in [0.25, 0.3) is 10.9 Å². The molecular weight excluding hydrogens is 328 g/mol. The number of nitrogens with zero attached hydrogens (tertiary/aromatic N) is 4. The van der Waals surface area contributed by atoms with E-state index in [0.29, 0.717) is 0 Å². The molecule has 0 N–H and O–H groups in total. The summed E-state index contributed by atoms with van der Waals surface area (Å²) in [6.07, 6.45) is 3.78. The molecular formula is C16H17BrN4. The third kappa shape index (κ3) is 2.78. The van der Waals surface area contributed by atoms with Gasteiger partial charge in [-0.3, -0.25) is 0 Å². The van der Waals surface area contributed by atoms with Crippen LogP contribution in [0.5, 0.6) is 0 Å². The first-order valence-corrected chi connectivity index (χ1v) is 7.93. The summed E-state index contributed by atoms with van der Waals surface area (Å²) in [5.74, 6) is 2.02. The second-order valence-corrected chi connectivity index (χ2v) is 5.67. The third-order valence-electron chi connectivity index (χ3n) is 3.59. The van der Waals surface area contributed by atoms with Crippen molar-refractivity contribution in [1.82, 2.24) is 14.5 Å². The van der Waals surface area contributed by atoms with Crippen molar-refractivity contribution in [2.75, 3.05) is 11.9 Å². The number of halogens is 1. The SMILES string of the molecule is CN(Cc1nccn1C)c1nc2ccccc2cc1CBr. The maximum Gasteiger partial charge on any atom is 0.133 e. The summed E-state index contributed by atoms with van der Waals surface area (Å²) >= 11 is 3.57. The van der Waals surface area contributed by atoms with Crippen molar-refractivity contribution in [2.24, 2.45) is 7.05 Å². The Labute approximate surface area is 132 Å². The van der Waals surface area contributed by atoms with Crippen molar-refractivity contribution in [2.45, 2.75) is 11.9 Å². The largest absolute Gasteiger partial charge is 0.352 e. The van der Waals surface area contributed by atoms with E-state index >= 15 is 0 Å². The highest BCUT2D eigenvalue weighted by Gasteiger charge is 2.12.